The van der Waals surface area contributed by atoms with Crippen LogP contribution in [0.15, 0.2) is 91.0 Å². The normalized spacial score (nSPS) is 12.7. The van der Waals surface area contributed by atoms with Crippen LogP contribution < -0.4 is 15.6 Å². The van der Waals surface area contributed by atoms with Crippen LogP contribution >= 0.6 is 0 Å². The predicted octanol–water partition coefficient (Wildman–Crippen LogP) is 5.37. The Bertz CT molecular complexity index is 684. The maximum absolute atomic E-state index is 2.38. The topological polar surface area (TPSA) is 0 Å². The van der Waals surface area contributed by atoms with E-state index in [-0.39, 0.29) is 0 Å². The Morgan fingerprint density at radius 3 is 1.37 bits per heavy atom. The van der Waals surface area contributed by atoms with Crippen molar-refractivity contribution in [2.24, 2.45) is 5.92 Å². The van der Waals surface area contributed by atoms with Crippen LogP contribution in [0.3, 0.4) is 0 Å². The van der Waals surface area contributed by atoms with Gasteiger partial charge in [0, 0.05) is 0 Å². The third-order valence-electron chi connectivity index (χ3n) is 5.94. The molecule has 0 aliphatic rings. The summed E-state index contributed by atoms with van der Waals surface area (Å²) in [5.74, 6) is 0.775. The van der Waals surface area contributed by atoms with E-state index in [0.717, 1.165) is 5.92 Å². The standard InChI is InChI=1S/C26H32Si/c1-3-5-15-23(4-2)22-27(24-16-9-6-10-17-24,25-18-11-7-12-19-25)26-20-13-8-14-21-26/h6-14,16-21,23H,3-5,15,22H2,1-2H3. The van der Waals surface area contributed by atoms with E-state index in [2.05, 4.69) is 105 Å². The average molecular weight is 373 g/mol. The van der Waals surface area contributed by atoms with Gasteiger partial charge in [-0.25, -0.2) is 0 Å². The Labute approximate surface area is 166 Å². The number of rotatable bonds is 9. The molecule has 0 saturated carbocycles. The second-order valence-corrected chi connectivity index (χ2v) is 11.6. The minimum atomic E-state index is -2.06. The fraction of sp³-hybridized carbons (Fsp3) is 0.308. The maximum atomic E-state index is 2.38. The molecular weight excluding hydrogens is 340 g/mol. The Kier molecular flexibility index (Phi) is 7.06. The summed E-state index contributed by atoms with van der Waals surface area (Å²) in [7, 11) is -2.06. The lowest BCUT2D eigenvalue weighted by molar-refractivity contribution is 0.488. The largest absolute Gasteiger partial charge is 0.148 e. The third kappa shape index (κ3) is 4.41. The van der Waals surface area contributed by atoms with Crippen molar-refractivity contribution in [2.45, 2.75) is 45.6 Å². The number of hydrogen-bond acceptors (Lipinski definition) is 0. The first-order valence-electron chi connectivity index (χ1n) is 10.5. The van der Waals surface area contributed by atoms with Crippen molar-refractivity contribution in [1.29, 1.82) is 0 Å². The van der Waals surface area contributed by atoms with E-state index in [1.165, 1.54) is 47.3 Å². The molecule has 3 aromatic rings. The highest BCUT2D eigenvalue weighted by Gasteiger charge is 2.40. The van der Waals surface area contributed by atoms with Crippen molar-refractivity contribution < 1.29 is 0 Å². The van der Waals surface area contributed by atoms with Gasteiger partial charge in [0.2, 0.25) is 0 Å². The van der Waals surface area contributed by atoms with Crippen molar-refractivity contribution in [3.63, 3.8) is 0 Å². The van der Waals surface area contributed by atoms with Gasteiger partial charge in [-0.05, 0) is 27.5 Å². The summed E-state index contributed by atoms with van der Waals surface area (Å²) in [6.45, 7) is 4.68. The van der Waals surface area contributed by atoms with Crippen LogP contribution in [0.4, 0.5) is 0 Å². The Morgan fingerprint density at radius 2 is 1.04 bits per heavy atom. The molecule has 0 aliphatic heterocycles. The van der Waals surface area contributed by atoms with Gasteiger partial charge >= 0.3 is 0 Å². The zero-order valence-electron chi connectivity index (χ0n) is 16.8. The van der Waals surface area contributed by atoms with Crippen molar-refractivity contribution in [3.8, 4) is 0 Å². The molecule has 0 fully saturated rings. The fourth-order valence-electron chi connectivity index (χ4n) is 4.40. The maximum Gasteiger partial charge on any atom is 0.148 e. The highest BCUT2D eigenvalue weighted by molar-refractivity contribution is 7.11. The third-order valence-corrected chi connectivity index (χ3v) is 11.1. The SMILES string of the molecule is CCCCC(CC)C[Si](c1ccccc1)(c1ccccc1)c1ccccc1. The molecule has 0 aromatic heterocycles. The van der Waals surface area contributed by atoms with Crippen molar-refractivity contribution in [1.82, 2.24) is 0 Å². The minimum Gasteiger partial charge on any atom is -0.0654 e. The first-order chi connectivity index (χ1) is 13.3. The molecule has 1 unspecified atom stereocenters. The molecule has 3 rings (SSSR count). The van der Waals surface area contributed by atoms with Crippen LogP contribution in [0.25, 0.3) is 0 Å². The fourth-order valence-corrected chi connectivity index (χ4v) is 9.75. The lowest BCUT2D eigenvalue weighted by atomic mass is 10.0. The Balaban J connectivity index is 2.19. The summed E-state index contributed by atoms with van der Waals surface area (Å²) in [5, 5.41) is 4.62. The molecule has 1 heteroatoms. The van der Waals surface area contributed by atoms with E-state index in [1.54, 1.807) is 0 Å². The highest BCUT2D eigenvalue weighted by atomic mass is 28.3. The second kappa shape index (κ2) is 9.71. The smallest absolute Gasteiger partial charge is 0.0654 e. The van der Waals surface area contributed by atoms with Gasteiger partial charge in [0.1, 0.15) is 8.07 Å². The zero-order chi connectivity index (χ0) is 19.0. The van der Waals surface area contributed by atoms with Gasteiger partial charge in [-0.1, -0.05) is 131 Å². The van der Waals surface area contributed by atoms with E-state index in [9.17, 15) is 0 Å². The van der Waals surface area contributed by atoms with E-state index in [1.807, 2.05) is 0 Å². The first kappa shape index (κ1) is 19.6. The van der Waals surface area contributed by atoms with Crippen LogP contribution in [0, 0.1) is 5.92 Å². The average Bonchev–Trinajstić information content (AvgIpc) is 2.76. The summed E-state index contributed by atoms with van der Waals surface area (Å²) in [6.07, 6.45) is 5.23. The van der Waals surface area contributed by atoms with Gasteiger partial charge in [-0.3, -0.25) is 0 Å². The van der Waals surface area contributed by atoms with E-state index in [4.69, 9.17) is 0 Å². The molecule has 0 N–H and O–H groups in total. The number of unbranched alkanes of at least 4 members (excludes halogenated alkanes) is 1. The summed E-state index contributed by atoms with van der Waals surface area (Å²) < 4.78 is 0. The summed E-state index contributed by atoms with van der Waals surface area (Å²) >= 11 is 0. The molecule has 0 aliphatic carbocycles. The second-order valence-electron chi connectivity index (χ2n) is 7.62. The zero-order valence-corrected chi connectivity index (χ0v) is 17.8. The molecule has 0 saturated heterocycles. The van der Waals surface area contributed by atoms with Gasteiger partial charge in [0.15, 0.2) is 0 Å². The molecule has 0 radical (unpaired) electrons. The van der Waals surface area contributed by atoms with Gasteiger partial charge in [-0.2, -0.15) is 0 Å². The molecule has 0 bridgehead atoms. The van der Waals surface area contributed by atoms with Crippen LogP contribution in [0.1, 0.15) is 39.5 Å². The lowest BCUT2D eigenvalue weighted by Gasteiger charge is -2.36. The van der Waals surface area contributed by atoms with Crippen molar-refractivity contribution in [2.75, 3.05) is 0 Å². The number of benzene rings is 3. The Hall–Kier alpha value is -2.12. The summed E-state index contributed by atoms with van der Waals surface area (Å²) in [4.78, 5) is 0. The molecule has 140 valence electrons. The van der Waals surface area contributed by atoms with Gasteiger partial charge in [0.05, 0.1) is 0 Å². The first-order valence-corrected chi connectivity index (χ1v) is 12.7. The van der Waals surface area contributed by atoms with Crippen molar-refractivity contribution in [3.05, 3.63) is 91.0 Å². The van der Waals surface area contributed by atoms with E-state index < -0.39 is 8.07 Å². The molecule has 0 amide bonds. The monoisotopic (exact) mass is 372 g/mol. The minimum absolute atomic E-state index is 0.775. The van der Waals surface area contributed by atoms with Gasteiger partial charge < -0.3 is 0 Å². The quantitative estimate of drug-likeness (QED) is 0.350. The van der Waals surface area contributed by atoms with Gasteiger partial charge in [-0.15, -0.1) is 0 Å². The molecule has 27 heavy (non-hydrogen) atoms. The van der Waals surface area contributed by atoms with Gasteiger partial charge in [0.25, 0.3) is 0 Å². The summed E-state index contributed by atoms with van der Waals surface area (Å²) in [5.41, 5.74) is 0. The molecule has 3 aromatic carbocycles. The van der Waals surface area contributed by atoms with Crippen LogP contribution in [0.5, 0.6) is 0 Å². The molecule has 0 heterocycles. The van der Waals surface area contributed by atoms with Crippen LogP contribution in [-0.4, -0.2) is 8.07 Å². The Morgan fingerprint density at radius 1 is 0.630 bits per heavy atom. The predicted molar refractivity (Wildman–Crippen MR) is 122 cm³/mol. The lowest BCUT2D eigenvalue weighted by Crippen LogP contribution is -2.67. The van der Waals surface area contributed by atoms with E-state index in [0.29, 0.717) is 0 Å². The van der Waals surface area contributed by atoms with Crippen LogP contribution in [0.2, 0.25) is 6.04 Å². The molecule has 0 spiro atoms. The number of hydrogen-bond donors (Lipinski definition) is 0. The van der Waals surface area contributed by atoms with Crippen LogP contribution in [-0.2, 0) is 0 Å². The molecular formula is C26H32Si. The van der Waals surface area contributed by atoms with E-state index >= 15 is 0 Å². The molecule has 0 nitrogen and oxygen atoms in total. The van der Waals surface area contributed by atoms with Crippen molar-refractivity contribution >= 4 is 23.6 Å². The molecule has 1 atom stereocenters. The highest BCUT2D eigenvalue weighted by Crippen LogP contribution is 2.25. The summed E-state index contributed by atoms with van der Waals surface area (Å²) in [6, 6.07) is 35.3.